The van der Waals surface area contributed by atoms with Gasteiger partial charge in [0.25, 0.3) is 0 Å². The van der Waals surface area contributed by atoms with Gasteiger partial charge in [-0.15, -0.1) is 12.6 Å². The highest BCUT2D eigenvalue weighted by Crippen LogP contribution is 2.23. The Balaban J connectivity index is 3.09. The van der Waals surface area contributed by atoms with Gasteiger partial charge in [0.2, 0.25) is 0 Å². The van der Waals surface area contributed by atoms with E-state index >= 15 is 0 Å². The first-order valence-electron chi connectivity index (χ1n) is 2.76. The normalized spacial score (nSPS) is 9.50. The van der Waals surface area contributed by atoms with Crippen LogP contribution in [0.15, 0.2) is 23.1 Å². The van der Waals surface area contributed by atoms with E-state index in [9.17, 15) is 0 Å². The fourth-order valence-corrected chi connectivity index (χ4v) is 1.34. The molecule has 0 aliphatic rings. The van der Waals surface area contributed by atoms with Crippen molar-refractivity contribution >= 4 is 35.2 Å². The van der Waals surface area contributed by atoms with Crippen molar-refractivity contribution in [2.24, 2.45) is 0 Å². The highest BCUT2D eigenvalue weighted by molar-refractivity contribution is 14.1. The number of methoxy groups -OCH3 is 1. The SMILES string of the molecule is COc1cc(I)ccc1S. The molecule has 1 aromatic rings. The summed E-state index contributed by atoms with van der Waals surface area (Å²) in [5, 5.41) is 0. The summed E-state index contributed by atoms with van der Waals surface area (Å²) in [4.78, 5) is 0.878. The molecule has 1 aromatic carbocycles. The second-order valence-electron chi connectivity index (χ2n) is 1.82. The molecule has 0 atom stereocenters. The zero-order valence-corrected chi connectivity index (χ0v) is 8.52. The van der Waals surface area contributed by atoms with Crippen molar-refractivity contribution in [3.05, 3.63) is 21.8 Å². The number of rotatable bonds is 1. The van der Waals surface area contributed by atoms with Gasteiger partial charge in [-0.3, -0.25) is 0 Å². The molecule has 54 valence electrons. The lowest BCUT2D eigenvalue weighted by molar-refractivity contribution is 0.404. The average Bonchev–Trinajstić information content (AvgIpc) is 1.94. The Hall–Kier alpha value is 0.1000. The molecule has 0 radical (unpaired) electrons. The summed E-state index contributed by atoms with van der Waals surface area (Å²) in [5.41, 5.74) is 0. The fraction of sp³-hybridized carbons (Fsp3) is 0.143. The zero-order valence-electron chi connectivity index (χ0n) is 5.47. The van der Waals surface area contributed by atoms with Crippen LogP contribution in [0.4, 0.5) is 0 Å². The summed E-state index contributed by atoms with van der Waals surface area (Å²) < 4.78 is 6.20. The Morgan fingerprint density at radius 1 is 1.50 bits per heavy atom. The fourth-order valence-electron chi connectivity index (χ4n) is 0.651. The molecule has 0 saturated heterocycles. The van der Waals surface area contributed by atoms with E-state index in [1.165, 1.54) is 0 Å². The molecule has 0 spiro atoms. The largest absolute Gasteiger partial charge is 0.496 e. The Morgan fingerprint density at radius 2 is 2.20 bits per heavy atom. The summed E-state index contributed by atoms with van der Waals surface area (Å²) in [6.45, 7) is 0. The minimum absolute atomic E-state index is 0.829. The monoisotopic (exact) mass is 266 g/mol. The smallest absolute Gasteiger partial charge is 0.133 e. The van der Waals surface area contributed by atoms with Gasteiger partial charge in [-0.25, -0.2) is 0 Å². The van der Waals surface area contributed by atoms with Gasteiger partial charge in [0.1, 0.15) is 5.75 Å². The van der Waals surface area contributed by atoms with Crippen molar-refractivity contribution in [3.63, 3.8) is 0 Å². The van der Waals surface area contributed by atoms with Gasteiger partial charge in [-0.05, 0) is 40.8 Å². The van der Waals surface area contributed by atoms with Crippen molar-refractivity contribution in [3.8, 4) is 5.75 Å². The quantitative estimate of drug-likeness (QED) is 0.607. The Kier molecular flexibility index (Phi) is 2.85. The minimum atomic E-state index is 0.829. The number of benzene rings is 1. The lowest BCUT2D eigenvalue weighted by Crippen LogP contribution is -1.84. The second-order valence-corrected chi connectivity index (χ2v) is 3.54. The Morgan fingerprint density at radius 3 is 2.70 bits per heavy atom. The molecule has 0 heterocycles. The highest BCUT2D eigenvalue weighted by atomic mass is 127. The predicted octanol–water partition coefficient (Wildman–Crippen LogP) is 2.59. The third-order valence-corrected chi connectivity index (χ3v) is 2.18. The molecule has 0 fully saturated rings. The molecule has 0 aliphatic carbocycles. The lowest BCUT2D eigenvalue weighted by atomic mass is 10.3. The van der Waals surface area contributed by atoms with E-state index in [1.807, 2.05) is 18.2 Å². The number of halogens is 1. The van der Waals surface area contributed by atoms with E-state index in [1.54, 1.807) is 7.11 Å². The van der Waals surface area contributed by atoms with Crippen LogP contribution in [0.3, 0.4) is 0 Å². The summed E-state index contributed by atoms with van der Waals surface area (Å²) >= 11 is 6.43. The van der Waals surface area contributed by atoms with Gasteiger partial charge < -0.3 is 4.74 Å². The summed E-state index contributed by atoms with van der Waals surface area (Å²) in [6, 6.07) is 5.86. The van der Waals surface area contributed by atoms with Crippen LogP contribution in [0.1, 0.15) is 0 Å². The molecule has 1 nitrogen and oxygen atoms in total. The summed E-state index contributed by atoms with van der Waals surface area (Å²) in [7, 11) is 1.64. The number of thiol groups is 1. The van der Waals surface area contributed by atoms with Gasteiger partial charge in [-0.2, -0.15) is 0 Å². The number of ether oxygens (including phenoxy) is 1. The van der Waals surface area contributed by atoms with Crippen LogP contribution in [-0.2, 0) is 0 Å². The lowest BCUT2D eigenvalue weighted by Gasteiger charge is -2.02. The van der Waals surface area contributed by atoms with E-state index in [0.717, 1.165) is 14.2 Å². The maximum Gasteiger partial charge on any atom is 0.133 e. The van der Waals surface area contributed by atoms with Gasteiger partial charge in [-0.1, -0.05) is 0 Å². The van der Waals surface area contributed by atoms with Crippen molar-refractivity contribution in [2.45, 2.75) is 4.90 Å². The van der Waals surface area contributed by atoms with E-state index < -0.39 is 0 Å². The molecule has 1 rings (SSSR count). The minimum Gasteiger partial charge on any atom is -0.496 e. The van der Waals surface area contributed by atoms with Gasteiger partial charge >= 0.3 is 0 Å². The van der Waals surface area contributed by atoms with Gasteiger partial charge in [0.15, 0.2) is 0 Å². The molecule has 0 aromatic heterocycles. The number of hydrogen-bond donors (Lipinski definition) is 1. The van der Waals surface area contributed by atoms with Crippen molar-refractivity contribution in [1.29, 1.82) is 0 Å². The van der Waals surface area contributed by atoms with E-state index in [4.69, 9.17) is 4.74 Å². The van der Waals surface area contributed by atoms with Crippen molar-refractivity contribution in [1.82, 2.24) is 0 Å². The van der Waals surface area contributed by atoms with E-state index in [-0.39, 0.29) is 0 Å². The summed E-state index contributed by atoms with van der Waals surface area (Å²) in [6.07, 6.45) is 0. The van der Waals surface area contributed by atoms with Crippen LogP contribution in [0.25, 0.3) is 0 Å². The van der Waals surface area contributed by atoms with Crippen molar-refractivity contribution in [2.75, 3.05) is 7.11 Å². The summed E-state index contributed by atoms with van der Waals surface area (Å²) in [5.74, 6) is 0.829. The molecule has 3 heteroatoms. The molecule has 0 saturated carbocycles. The van der Waals surface area contributed by atoms with Gasteiger partial charge in [0.05, 0.1) is 7.11 Å². The Bertz CT molecular complexity index is 237. The topological polar surface area (TPSA) is 9.23 Å². The molecule has 0 aliphatic heterocycles. The maximum absolute atomic E-state index is 5.04. The van der Waals surface area contributed by atoms with Gasteiger partial charge in [0, 0.05) is 8.47 Å². The van der Waals surface area contributed by atoms with E-state index in [0.29, 0.717) is 0 Å². The van der Waals surface area contributed by atoms with Crippen LogP contribution < -0.4 is 4.74 Å². The molecule has 0 N–H and O–H groups in total. The first-order chi connectivity index (χ1) is 4.74. The zero-order chi connectivity index (χ0) is 7.56. The first kappa shape index (κ1) is 8.20. The Labute approximate surface area is 79.3 Å². The maximum atomic E-state index is 5.04. The number of hydrogen-bond acceptors (Lipinski definition) is 2. The predicted molar refractivity (Wildman–Crippen MR) is 53.0 cm³/mol. The molecule has 10 heavy (non-hydrogen) atoms. The molecular formula is C7H7IOS. The third kappa shape index (κ3) is 1.79. The standard InChI is InChI=1S/C7H7IOS/c1-9-6-4-5(8)2-3-7(6)10/h2-4,10H,1H3. The first-order valence-corrected chi connectivity index (χ1v) is 4.29. The highest BCUT2D eigenvalue weighted by Gasteiger charge is 1.96. The van der Waals surface area contributed by atoms with Crippen molar-refractivity contribution < 1.29 is 4.74 Å². The van der Waals surface area contributed by atoms with Crippen LogP contribution in [0, 0.1) is 3.57 Å². The average molecular weight is 266 g/mol. The second kappa shape index (κ2) is 3.48. The van der Waals surface area contributed by atoms with E-state index in [2.05, 4.69) is 35.2 Å². The van der Waals surface area contributed by atoms with Crippen LogP contribution >= 0.6 is 35.2 Å². The van der Waals surface area contributed by atoms with Crippen LogP contribution in [0.5, 0.6) is 5.75 Å². The molecule has 0 bridgehead atoms. The third-order valence-electron chi connectivity index (χ3n) is 1.14. The van der Waals surface area contributed by atoms with Crippen LogP contribution in [-0.4, -0.2) is 7.11 Å². The van der Waals surface area contributed by atoms with Crippen LogP contribution in [0.2, 0.25) is 0 Å². The molecule has 0 unspecified atom stereocenters. The molecule has 0 amide bonds. The molecular weight excluding hydrogens is 259 g/mol.